The monoisotopic (exact) mass is 422 g/mol. The van der Waals surface area contributed by atoms with Crippen LogP contribution in [-0.4, -0.2) is 0 Å². The lowest BCUT2D eigenvalue weighted by atomic mass is 9.61. The predicted molar refractivity (Wildman–Crippen MR) is 138 cm³/mol. The summed E-state index contributed by atoms with van der Waals surface area (Å²) in [5.74, 6) is 4.34. The van der Waals surface area contributed by atoms with Crippen LogP contribution >= 0.6 is 0 Å². The molecule has 0 heteroatoms. The van der Waals surface area contributed by atoms with Gasteiger partial charge in [-0.25, -0.2) is 0 Å². The Kier molecular flexibility index (Phi) is 7.49. The fourth-order valence-electron chi connectivity index (χ4n) is 6.94. The highest BCUT2D eigenvalue weighted by Gasteiger charge is 2.50. The summed E-state index contributed by atoms with van der Waals surface area (Å²) in [6.07, 6.45) is 19.4. The molecule has 0 nitrogen and oxygen atoms in total. The molecule has 0 N–H and O–H groups in total. The molecule has 0 aromatic heterocycles. The Hall–Kier alpha value is -1.04. The molecule has 3 fully saturated rings. The van der Waals surface area contributed by atoms with Gasteiger partial charge in [-0.1, -0.05) is 91.8 Å². The van der Waals surface area contributed by atoms with E-state index in [1.165, 1.54) is 56.1 Å². The molecule has 3 aliphatic rings. The van der Waals surface area contributed by atoms with Crippen LogP contribution in [0.5, 0.6) is 0 Å². The van der Waals surface area contributed by atoms with E-state index in [2.05, 4.69) is 86.3 Å². The van der Waals surface area contributed by atoms with E-state index in [4.69, 9.17) is 0 Å². The van der Waals surface area contributed by atoms with Crippen molar-refractivity contribution in [3.63, 3.8) is 0 Å². The molecular weight excluding hydrogens is 372 g/mol. The Morgan fingerprint density at radius 2 is 1.77 bits per heavy atom. The second-order valence-corrected chi connectivity index (χ2v) is 12.9. The highest BCUT2D eigenvalue weighted by molar-refractivity contribution is 5.37. The van der Waals surface area contributed by atoms with Crippen molar-refractivity contribution in [1.29, 1.82) is 0 Å². The van der Waals surface area contributed by atoms with Gasteiger partial charge in [-0.3, -0.25) is 0 Å². The molecule has 0 bridgehead atoms. The normalized spacial score (nSPS) is 39.3. The number of allylic oxidation sites excluding steroid dienone is 7. The summed E-state index contributed by atoms with van der Waals surface area (Å²) >= 11 is 0. The molecule has 3 saturated carbocycles. The quantitative estimate of drug-likeness (QED) is 0.396. The topological polar surface area (TPSA) is 0 Å². The number of fused-ring (bicyclic) bond motifs is 1. The molecule has 7 unspecified atom stereocenters. The Labute approximate surface area is 194 Å². The highest BCUT2D eigenvalue weighted by atomic mass is 14.5. The molecule has 0 saturated heterocycles. The first-order valence-corrected chi connectivity index (χ1v) is 13.2. The molecule has 0 aromatic carbocycles. The van der Waals surface area contributed by atoms with Crippen LogP contribution in [0.15, 0.2) is 47.6 Å². The maximum Gasteiger partial charge on any atom is -0.0143 e. The van der Waals surface area contributed by atoms with Crippen LogP contribution in [0.3, 0.4) is 0 Å². The third kappa shape index (κ3) is 5.31. The van der Waals surface area contributed by atoms with Crippen LogP contribution in [0.25, 0.3) is 0 Å². The average molecular weight is 423 g/mol. The van der Waals surface area contributed by atoms with E-state index < -0.39 is 0 Å². The zero-order chi connectivity index (χ0) is 23.0. The molecular formula is C31H50. The van der Waals surface area contributed by atoms with E-state index in [1.54, 1.807) is 5.57 Å². The molecule has 0 spiro atoms. The minimum atomic E-state index is 0.352. The van der Waals surface area contributed by atoms with Crippen molar-refractivity contribution in [3.8, 4) is 0 Å². The molecule has 31 heavy (non-hydrogen) atoms. The van der Waals surface area contributed by atoms with Gasteiger partial charge in [0.2, 0.25) is 0 Å². The Morgan fingerprint density at radius 3 is 2.45 bits per heavy atom. The van der Waals surface area contributed by atoms with Gasteiger partial charge in [0.05, 0.1) is 0 Å². The summed E-state index contributed by atoms with van der Waals surface area (Å²) in [4.78, 5) is 0. The summed E-state index contributed by atoms with van der Waals surface area (Å²) in [5.41, 5.74) is 5.48. The number of rotatable bonds is 4. The minimum absolute atomic E-state index is 0.352. The largest absolute Gasteiger partial charge is 0.0953 e. The fourth-order valence-corrected chi connectivity index (χ4v) is 6.94. The summed E-state index contributed by atoms with van der Waals surface area (Å²) < 4.78 is 0. The van der Waals surface area contributed by atoms with E-state index in [-0.39, 0.29) is 0 Å². The zero-order valence-corrected chi connectivity index (χ0v) is 21.9. The van der Waals surface area contributed by atoms with Crippen LogP contribution in [0.2, 0.25) is 0 Å². The van der Waals surface area contributed by atoms with Crippen LogP contribution in [-0.2, 0) is 0 Å². The standard InChI is InChI=1S/C31H50/c1-21-19-23(3)25(5)27(20-21)15-14-26-11-10-18-31(9)28(16-17-29(26)31)22(2)12-13-24(4)30(6,7)8/h12-15,21-24,28-29H,5,10-11,16-20H2,1-4,6-9H3/b13-12+,26-14+,27-15-. The van der Waals surface area contributed by atoms with Crippen molar-refractivity contribution >= 4 is 0 Å². The number of hydrogen-bond acceptors (Lipinski definition) is 0. The third-order valence-corrected chi connectivity index (χ3v) is 9.57. The molecule has 174 valence electrons. The van der Waals surface area contributed by atoms with Crippen molar-refractivity contribution in [2.75, 3.05) is 0 Å². The highest BCUT2D eigenvalue weighted by Crippen LogP contribution is 2.59. The second-order valence-electron chi connectivity index (χ2n) is 12.9. The first-order valence-electron chi connectivity index (χ1n) is 13.2. The minimum Gasteiger partial charge on any atom is -0.0953 e. The van der Waals surface area contributed by atoms with E-state index >= 15 is 0 Å². The van der Waals surface area contributed by atoms with E-state index in [0.717, 1.165) is 17.8 Å². The van der Waals surface area contributed by atoms with Gasteiger partial charge in [-0.2, -0.15) is 0 Å². The Morgan fingerprint density at radius 1 is 1.06 bits per heavy atom. The second kappa shape index (κ2) is 9.44. The SMILES string of the molecule is C=C1/C(=C\C=C2/CCCC3(C)C2CCC3C(C)/C=C/C(C)C(C)(C)C)CC(C)CC1C. The first-order chi connectivity index (χ1) is 14.4. The summed E-state index contributed by atoms with van der Waals surface area (Å²) in [6, 6.07) is 0. The molecule has 0 radical (unpaired) electrons. The van der Waals surface area contributed by atoms with Gasteiger partial charge in [0, 0.05) is 0 Å². The summed E-state index contributed by atoms with van der Waals surface area (Å²) in [7, 11) is 0. The summed E-state index contributed by atoms with van der Waals surface area (Å²) in [6.45, 7) is 23.7. The Balaban J connectivity index is 1.76. The average Bonchev–Trinajstić information content (AvgIpc) is 3.04. The first kappa shape index (κ1) is 24.6. The van der Waals surface area contributed by atoms with Crippen molar-refractivity contribution in [3.05, 3.63) is 47.6 Å². The molecule has 0 heterocycles. The van der Waals surface area contributed by atoms with Gasteiger partial charge >= 0.3 is 0 Å². The van der Waals surface area contributed by atoms with E-state index in [9.17, 15) is 0 Å². The summed E-state index contributed by atoms with van der Waals surface area (Å²) in [5, 5.41) is 0. The molecule has 0 aliphatic heterocycles. The lowest BCUT2D eigenvalue weighted by molar-refractivity contribution is 0.112. The van der Waals surface area contributed by atoms with Crippen LogP contribution in [0.4, 0.5) is 0 Å². The smallest absolute Gasteiger partial charge is 0.0143 e. The maximum absolute atomic E-state index is 4.44. The van der Waals surface area contributed by atoms with E-state index in [1.807, 2.05) is 0 Å². The van der Waals surface area contributed by atoms with Gasteiger partial charge in [-0.15, -0.1) is 0 Å². The molecule has 0 aromatic rings. The van der Waals surface area contributed by atoms with Crippen molar-refractivity contribution in [2.45, 2.75) is 100 Å². The molecule has 7 atom stereocenters. The van der Waals surface area contributed by atoms with Crippen molar-refractivity contribution in [1.82, 2.24) is 0 Å². The van der Waals surface area contributed by atoms with Gasteiger partial charge in [0.15, 0.2) is 0 Å². The molecule has 3 aliphatic carbocycles. The van der Waals surface area contributed by atoms with Gasteiger partial charge < -0.3 is 0 Å². The predicted octanol–water partition coefficient (Wildman–Crippen LogP) is 9.55. The molecule has 3 rings (SSSR count). The van der Waals surface area contributed by atoms with Gasteiger partial charge in [0.25, 0.3) is 0 Å². The maximum atomic E-state index is 4.44. The molecule has 0 amide bonds. The van der Waals surface area contributed by atoms with E-state index in [0.29, 0.717) is 28.6 Å². The zero-order valence-electron chi connectivity index (χ0n) is 21.9. The van der Waals surface area contributed by atoms with Crippen molar-refractivity contribution in [2.24, 2.45) is 46.3 Å². The number of hydrogen-bond donors (Lipinski definition) is 0. The third-order valence-electron chi connectivity index (χ3n) is 9.57. The van der Waals surface area contributed by atoms with Gasteiger partial charge in [0.1, 0.15) is 0 Å². The van der Waals surface area contributed by atoms with Crippen LogP contribution in [0, 0.1) is 46.3 Å². The lowest BCUT2D eigenvalue weighted by Gasteiger charge is -2.44. The lowest BCUT2D eigenvalue weighted by Crippen LogP contribution is -2.35. The van der Waals surface area contributed by atoms with Crippen LogP contribution in [0.1, 0.15) is 100 Å². The Bertz CT molecular complexity index is 738. The fraction of sp³-hybridized carbons (Fsp3) is 0.742. The van der Waals surface area contributed by atoms with Crippen LogP contribution < -0.4 is 0 Å². The van der Waals surface area contributed by atoms with Gasteiger partial charge in [-0.05, 0) is 102 Å². The van der Waals surface area contributed by atoms with Crippen molar-refractivity contribution < 1.29 is 0 Å².